The number of nitrogens with one attached hydrogen (secondary N) is 1. The molecule has 4 heteroatoms. The molecule has 1 N–H and O–H groups in total. The van der Waals surface area contributed by atoms with Crippen LogP contribution in [0, 0.1) is 11.5 Å². The smallest absolute Gasteiger partial charge is 0.304 e. The van der Waals surface area contributed by atoms with Crippen LogP contribution in [-0.2, 0) is 0 Å². The lowest BCUT2D eigenvalue weighted by molar-refractivity contribution is 0.521. The number of benzene rings is 1. The lowest BCUT2D eigenvalue weighted by atomic mass is 10.3. The summed E-state index contributed by atoms with van der Waals surface area (Å²) in [5, 5.41) is 10.9. The predicted molar refractivity (Wildman–Crippen MR) is 58.4 cm³/mol. The first-order valence-corrected chi connectivity index (χ1v) is 4.68. The van der Waals surface area contributed by atoms with E-state index in [1.54, 1.807) is 18.3 Å². The van der Waals surface area contributed by atoms with Gasteiger partial charge in [-0.25, -0.2) is 10.3 Å². The summed E-state index contributed by atoms with van der Waals surface area (Å²) in [5.74, 6) is 0.652. The quantitative estimate of drug-likeness (QED) is 0.345. The average Bonchev–Trinajstić information content (AvgIpc) is 2.18. The van der Waals surface area contributed by atoms with Gasteiger partial charge in [-0.15, -0.1) is 0 Å². The van der Waals surface area contributed by atoms with Gasteiger partial charge in [0.2, 0.25) is 0 Å². The van der Waals surface area contributed by atoms with Crippen molar-refractivity contribution in [3.05, 3.63) is 30.3 Å². The van der Waals surface area contributed by atoms with Gasteiger partial charge in [-0.3, -0.25) is 0 Å². The monoisotopic (exact) mass is 203 g/mol. The number of rotatable bonds is 2. The van der Waals surface area contributed by atoms with Gasteiger partial charge < -0.3 is 4.74 Å². The minimum absolute atomic E-state index is 0.0737. The fourth-order valence-corrected chi connectivity index (χ4v) is 0.967. The highest BCUT2D eigenvalue weighted by atomic mass is 16.5. The normalized spacial score (nSPS) is 10.9. The van der Waals surface area contributed by atoms with Crippen molar-refractivity contribution in [3.63, 3.8) is 0 Å². The molecule has 15 heavy (non-hydrogen) atoms. The summed E-state index contributed by atoms with van der Waals surface area (Å²) < 4.78 is 5.38. The summed E-state index contributed by atoms with van der Waals surface area (Å²) in [6.45, 7) is 3.82. The molecule has 0 saturated heterocycles. The van der Waals surface area contributed by atoms with Crippen molar-refractivity contribution in [2.24, 2.45) is 4.99 Å². The number of hydrogen-bond donors (Lipinski definition) is 1. The number of para-hydroxylation sites is 1. The van der Waals surface area contributed by atoms with Crippen LogP contribution in [0.25, 0.3) is 0 Å². The Labute approximate surface area is 89.2 Å². The molecule has 0 atom stereocenters. The molecular formula is C11H13N3O. The van der Waals surface area contributed by atoms with E-state index in [9.17, 15) is 0 Å². The summed E-state index contributed by atoms with van der Waals surface area (Å²) in [6.07, 6.45) is 1.79. The third-order valence-corrected chi connectivity index (χ3v) is 1.50. The van der Waals surface area contributed by atoms with E-state index in [1.807, 2.05) is 32.0 Å². The van der Waals surface area contributed by atoms with Crippen molar-refractivity contribution in [2.45, 2.75) is 19.9 Å². The molecule has 0 aliphatic rings. The van der Waals surface area contributed by atoms with Crippen molar-refractivity contribution >= 4 is 6.02 Å². The lowest BCUT2D eigenvalue weighted by Gasteiger charge is -2.07. The fraction of sp³-hybridized carbons (Fsp3) is 0.273. The Morgan fingerprint density at radius 1 is 1.40 bits per heavy atom. The molecule has 0 aliphatic heterocycles. The first-order valence-electron chi connectivity index (χ1n) is 4.68. The number of hydrogen-bond acceptors (Lipinski definition) is 3. The average molecular weight is 203 g/mol. The molecule has 0 saturated carbocycles. The van der Waals surface area contributed by atoms with Gasteiger partial charge in [0.1, 0.15) is 5.75 Å². The number of nitriles is 1. The highest BCUT2D eigenvalue weighted by Crippen LogP contribution is 2.08. The van der Waals surface area contributed by atoms with Crippen LogP contribution in [0.4, 0.5) is 0 Å². The topological polar surface area (TPSA) is 57.4 Å². The molecule has 0 aromatic heterocycles. The van der Waals surface area contributed by atoms with Crippen LogP contribution >= 0.6 is 0 Å². The zero-order valence-electron chi connectivity index (χ0n) is 8.77. The Morgan fingerprint density at radius 3 is 2.60 bits per heavy atom. The third kappa shape index (κ3) is 4.14. The lowest BCUT2D eigenvalue weighted by Crippen LogP contribution is -2.25. The van der Waals surface area contributed by atoms with Crippen molar-refractivity contribution in [3.8, 4) is 11.9 Å². The second-order valence-corrected chi connectivity index (χ2v) is 3.18. The Hall–Kier alpha value is -2.02. The molecular weight excluding hydrogens is 190 g/mol. The van der Waals surface area contributed by atoms with Crippen molar-refractivity contribution in [1.29, 1.82) is 5.26 Å². The Balaban J connectivity index is 2.72. The van der Waals surface area contributed by atoms with Gasteiger partial charge in [0.05, 0.1) is 0 Å². The maximum atomic E-state index is 8.51. The minimum atomic E-state index is 0.0737. The molecule has 4 nitrogen and oxygen atoms in total. The van der Waals surface area contributed by atoms with Crippen LogP contribution in [0.5, 0.6) is 5.75 Å². The van der Waals surface area contributed by atoms with Crippen molar-refractivity contribution in [1.82, 2.24) is 5.32 Å². The van der Waals surface area contributed by atoms with Crippen LogP contribution in [-0.4, -0.2) is 12.1 Å². The van der Waals surface area contributed by atoms with Gasteiger partial charge >= 0.3 is 6.02 Å². The molecule has 0 spiro atoms. The van der Waals surface area contributed by atoms with Crippen molar-refractivity contribution < 1.29 is 4.74 Å². The van der Waals surface area contributed by atoms with Gasteiger partial charge in [-0.05, 0) is 26.0 Å². The number of aliphatic imine (C=N–C) groups is 1. The molecule has 0 fully saturated rings. The van der Waals surface area contributed by atoms with Gasteiger partial charge in [0.25, 0.3) is 0 Å². The molecule has 0 radical (unpaired) electrons. The molecule has 0 unspecified atom stereocenters. The molecule has 1 rings (SSSR count). The van der Waals surface area contributed by atoms with Crippen molar-refractivity contribution in [2.75, 3.05) is 0 Å². The fourth-order valence-electron chi connectivity index (χ4n) is 0.967. The number of ether oxygens (including phenoxy) is 1. The Morgan fingerprint density at radius 2 is 2.07 bits per heavy atom. The minimum Gasteiger partial charge on any atom is -0.425 e. The van der Waals surface area contributed by atoms with Gasteiger partial charge in [-0.1, -0.05) is 18.2 Å². The van der Waals surface area contributed by atoms with E-state index in [0.29, 0.717) is 5.75 Å². The van der Waals surface area contributed by atoms with Crippen LogP contribution < -0.4 is 10.1 Å². The third-order valence-electron chi connectivity index (χ3n) is 1.50. The van der Waals surface area contributed by atoms with Gasteiger partial charge in [-0.2, -0.15) is 5.26 Å². The first kappa shape index (κ1) is 11.1. The van der Waals surface area contributed by atoms with Gasteiger partial charge in [0.15, 0.2) is 6.19 Å². The van der Waals surface area contributed by atoms with Crippen LogP contribution in [0.3, 0.4) is 0 Å². The summed E-state index contributed by atoms with van der Waals surface area (Å²) in [5.41, 5.74) is 0. The molecule has 1 aromatic rings. The highest BCUT2D eigenvalue weighted by molar-refractivity contribution is 5.77. The van der Waals surface area contributed by atoms with Gasteiger partial charge in [0, 0.05) is 6.04 Å². The molecule has 0 aliphatic carbocycles. The predicted octanol–water partition coefficient (Wildman–Crippen LogP) is 1.90. The summed E-state index contributed by atoms with van der Waals surface area (Å²) in [6, 6.07) is 9.50. The summed E-state index contributed by atoms with van der Waals surface area (Å²) >= 11 is 0. The molecule has 78 valence electrons. The first-order chi connectivity index (χ1) is 7.22. The van der Waals surface area contributed by atoms with E-state index in [1.165, 1.54) is 0 Å². The molecule has 0 heterocycles. The SMILES string of the molecule is CC(C)/N=C(/NC#N)Oc1ccccc1. The maximum Gasteiger partial charge on any atom is 0.304 e. The second kappa shape index (κ2) is 5.66. The number of nitrogens with zero attached hydrogens (tertiary/aromatic N) is 2. The molecule has 0 bridgehead atoms. The van der Waals surface area contributed by atoms with Crippen LogP contribution in [0.15, 0.2) is 35.3 Å². The molecule has 1 aromatic carbocycles. The number of amidine groups is 1. The second-order valence-electron chi connectivity index (χ2n) is 3.18. The summed E-state index contributed by atoms with van der Waals surface area (Å²) in [7, 11) is 0. The van der Waals surface area contributed by atoms with E-state index in [4.69, 9.17) is 10.00 Å². The Bertz CT molecular complexity index is 365. The zero-order valence-corrected chi connectivity index (χ0v) is 8.77. The highest BCUT2D eigenvalue weighted by Gasteiger charge is 2.02. The largest absolute Gasteiger partial charge is 0.425 e. The van der Waals surface area contributed by atoms with E-state index in [2.05, 4.69) is 10.3 Å². The standard InChI is InChI=1S/C11H13N3O/c1-9(2)14-11(13-8-12)15-10-6-4-3-5-7-10/h3-7,9H,1-2H3,(H,13,14). The van der Waals surface area contributed by atoms with E-state index in [0.717, 1.165) is 0 Å². The maximum absolute atomic E-state index is 8.51. The van der Waals surface area contributed by atoms with E-state index in [-0.39, 0.29) is 12.1 Å². The Kier molecular flexibility index (Phi) is 4.17. The van der Waals surface area contributed by atoms with E-state index < -0.39 is 0 Å². The van der Waals surface area contributed by atoms with Crippen LogP contribution in [0.1, 0.15) is 13.8 Å². The molecule has 0 amide bonds. The van der Waals surface area contributed by atoms with Crippen LogP contribution in [0.2, 0.25) is 0 Å². The van der Waals surface area contributed by atoms with E-state index >= 15 is 0 Å². The zero-order chi connectivity index (χ0) is 11.1. The summed E-state index contributed by atoms with van der Waals surface area (Å²) in [4.78, 5) is 4.12.